The first-order valence-electron chi connectivity index (χ1n) is 6.48. The Hall–Kier alpha value is -1.14. The van der Waals surface area contributed by atoms with Crippen molar-refractivity contribution in [1.29, 1.82) is 0 Å². The molecule has 2 heterocycles. The zero-order valence-corrected chi connectivity index (χ0v) is 10.4. The second-order valence-electron chi connectivity index (χ2n) is 5.01. The second-order valence-corrected chi connectivity index (χ2v) is 5.01. The highest BCUT2D eigenvalue weighted by Crippen LogP contribution is 2.26. The molecule has 1 amide bonds. The predicted octanol–water partition coefficient (Wildman–Crippen LogP) is -0.169. The summed E-state index contributed by atoms with van der Waals surface area (Å²) >= 11 is 0. The van der Waals surface area contributed by atoms with Crippen LogP contribution in [0.3, 0.4) is 0 Å². The average molecular weight is 256 g/mol. The highest BCUT2D eigenvalue weighted by Gasteiger charge is 2.32. The molecule has 0 aromatic heterocycles. The number of nitrogens with zero attached hydrogens (tertiary/aromatic N) is 1. The standard InChI is InChI=1S/C12H20N2O4/c15-11(7-18-8-12(16)17)13-9-3-5-14-4-1-2-10(14)6-9/h9-10H,1-8H2,(H,13,15)(H,16,17). The van der Waals surface area contributed by atoms with Crippen molar-refractivity contribution in [3.63, 3.8) is 0 Å². The van der Waals surface area contributed by atoms with Crippen molar-refractivity contribution in [3.8, 4) is 0 Å². The number of hydrogen-bond acceptors (Lipinski definition) is 4. The first kappa shape index (κ1) is 13.3. The summed E-state index contributed by atoms with van der Waals surface area (Å²) in [5, 5.41) is 11.3. The Morgan fingerprint density at radius 2 is 2.11 bits per heavy atom. The lowest BCUT2D eigenvalue weighted by Gasteiger charge is -2.35. The molecule has 6 heteroatoms. The highest BCUT2D eigenvalue weighted by molar-refractivity contribution is 5.78. The molecule has 0 radical (unpaired) electrons. The van der Waals surface area contributed by atoms with Crippen molar-refractivity contribution in [1.82, 2.24) is 10.2 Å². The largest absolute Gasteiger partial charge is 0.480 e. The van der Waals surface area contributed by atoms with E-state index >= 15 is 0 Å². The van der Waals surface area contributed by atoms with Crippen LogP contribution in [-0.4, -0.2) is 60.3 Å². The SMILES string of the molecule is O=C(O)COCC(=O)NC1CCN2CCCC2C1. The van der Waals surface area contributed by atoms with E-state index in [1.165, 1.54) is 19.4 Å². The molecule has 2 rings (SSSR count). The average Bonchev–Trinajstić information content (AvgIpc) is 2.75. The van der Waals surface area contributed by atoms with Gasteiger partial charge in [0.05, 0.1) is 0 Å². The van der Waals surface area contributed by atoms with E-state index in [1.807, 2.05) is 0 Å². The summed E-state index contributed by atoms with van der Waals surface area (Å²) in [7, 11) is 0. The van der Waals surface area contributed by atoms with E-state index in [0.29, 0.717) is 6.04 Å². The molecular formula is C12H20N2O4. The Labute approximate surface area is 106 Å². The van der Waals surface area contributed by atoms with E-state index in [9.17, 15) is 9.59 Å². The molecule has 0 spiro atoms. The predicted molar refractivity (Wildman–Crippen MR) is 64.2 cm³/mol. The molecule has 102 valence electrons. The van der Waals surface area contributed by atoms with Gasteiger partial charge in [-0.05, 0) is 32.2 Å². The number of hydrogen-bond donors (Lipinski definition) is 2. The Kier molecular flexibility index (Phi) is 4.54. The Morgan fingerprint density at radius 1 is 1.28 bits per heavy atom. The van der Waals surface area contributed by atoms with Gasteiger partial charge in [0.25, 0.3) is 0 Å². The molecule has 2 saturated heterocycles. The molecule has 0 aromatic rings. The number of rotatable bonds is 5. The number of carbonyl (C=O) groups is 2. The summed E-state index contributed by atoms with van der Waals surface area (Å²) in [6, 6.07) is 0.828. The molecule has 2 N–H and O–H groups in total. The van der Waals surface area contributed by atoms with Gasteiger partial charge in [0.15, 0.2) is 0 Å². The van der Waals surface area contributed by atoms with Gasteiger partial charge in [-0.2, -0.15) is 0 Å². The third-order valence-corrected chi connectivity index (χ3v) is 3.64. The highest BCUT2D eigenvalue weighted by atomic mass is 16.5. The third kappa shape index (κ3) is 3.68. The molecule has 2 atom stereocenters. The molecule has 0 aliphatic carbocycles. The molecule has 6 nitrogen and oxygen atoms in total. The summed E-state index contributed by atoms with van der Waals surface area (Å²) in [4.78, 5) is 24.3. The smallest absolute Gasteiger partial charge is 0.329 e. The number of carbonyl (C=O) groups excluding carboxylic acids is 1. The van der Waals surface area contributed by atoms with E-state index in [1.54, 1.807) is 0 Å². The van der Waals surface area contributed by atoms with Crippen molar-refractivity contribution in [2.75, 3.05) is 26.3 Å². The lowest BCUT2D eigenvalue weighted by atomic mass is 9.97. The first-order valence-corrected chi connectivity index (χ1v) is 6.48. The van der Waals surface area contributed by atoms with Crippen LogP contribution in [0.2, 0.25) is 0 Å². The van der Waals surface area contributed by atoms with Crippen molar-refractivity contribution in [2.45, 2.75) is 37.8 Å². The van der Waals surface area contributed by atoms with Crippen LogP contribution >= 0.6 is 0 Å². The quantitative estimate of drug-likeness (QED) is 0.714. The van der Waals surface area contributed by atoms with Crippen LogP contribution in [0.4, 0.5) is 0 Å². The van der Waals surface area contributed by atoms with E-state index < -0.39 is 12.6 Å². The Morgan fingerprint density at radius 3 is 2.89 bits per heavy atom. The molecule has 2 aliphatic rings. The van der Waals surface area contributed by atoms with Gasteiger partial charge in [-0.1, -0.05) is 0 Å². The van der Waals surface area contributed by atoms with Gasteiger partial charge in [0.1, 0.15) is 13.2 Å². The number of amides is 1. The normalized spacial score (nSPS) is 27.8. The zero-order chi connectivity index (χ0) is 13.0. The molecule has 2 unspecified atom stereocenters. The van der Waals surface area contributed by atoms with Gasteiger partial charge in [-0.3, -0.25) is 4.79 Å². The molecular weight excluding hydrogens is 236 g/mol. The molecule has 18 heavy (non-hydrogen) atoms. The minimum Gasteiger partial charge on any atom is -0.480 e. The lowest BCUT2D eigenvalue weighted by molar-refractivity contribution is -0.143. The van der Waals surface area contributed by atoms with E-state index in [2.05, 4.69) is 10.2 Å². The van der Waals surface area contributed by atoms with Gasteiger partial charge < -0.3 is 20.1 Å². The zero-order valence-electron chi connectivity index (χ0n) is 10.4. The van der Waals surface area contributed by atoms with Gasteiger partial charge in [0, 0.05) is 18.6 Å². The summed E-state index contributed by atoms with van der Waals surface area (Å²) in [6.45, 7) is 1.64. The van der Waals surface area contributed by atoms with Crippen molar-refractivity contribution in [2.24, 2.45) is 0 Å². The van der Waals surface area contributed by atoms with Gasteiger partial charge >= 0.3 is 5.97 Å². The monoisotopic (exact) mass is 256 g/mol. The fraction of sp³-hybridized carbons (Fsp3) is 0.833. The van der Waals surface area contributed by atoms with Gasteiger partial charge in [-0.25, -0.2) is 4.79 Å². The lowest BCUT2D eigenvalue weighted by Crippen LogP contribution is -2.48. The minimum atomic E-state index is -1.05. The topological polar surface area (TPSA) is 78.9 Å². The molecule has 0 saturated carbocycles. The van der Waals surface area contributed by atoms with Crippen LogP contribution in [-0.2, 0) is 14.3 Å². The van der Waals surface area contributed by atoms with Crippen LogP contribution in [0.15, 0.2) is 0 Å². The van der Waals surface area contributed by atoms with Gasteiger partial charge in [-0.15, -0.1) is 0 Å². The maximum atomic E-state index is 11.5. The fourth-order valence-corrected chi connectivity index (χ4v) is 2.86. The molecule has 2 aliphatic heterocycles. The number of aliphatic carboxylic acids is 1. The number of carboxylic acid groups (broad SMARTS) is 1. The maximum Gasteiger partial charge on any atom is 0.329 e. The van der Waals surface area contributed by atoms with E-state index in [-0.39, 0.29) is 18.6 Å². The minimum absolute atomic E-state index is 0.169. The number of ether oxygens (including phenoxy) is 1. The fourth-order valence-electron chi connectivity index (χ4n) is 2.86. The number of nitrogens with one attached hydrogen (secondary N) is 1. The van der Waals surface area contributed by atoms with Crippen LogP contribution in [0.25, 0.3) is 0 Å². The molecule has 0 bridgehead atoms. The van der Waals surface area contributed by atoms with Crippen LogP contribution < -0.4 is 5.32 Å². The molecule has 2 fully saturated rings. The number of piperidine rings is 1. The van der Waals surface area contributed by atoms with Gasteiger partial charge in [0.2, 0.25) is 5.91 Å². The summed E-state index contributed by atoms with van der Waals surface area (Å²) in [6.07, 6.45) is 4.46. The third-order valence-electron chi connectivity index (χ3n) is 3.64. The molecule has 0 aromatic carbocycles. The Bertz CT molecular complexity index is 321. The van der Waals surface area contributed by atoms with Crippen LogP contribution in [0, 0.1) is 0 Å². The van der Waals surface area contributed by atoms with Crippen molar-refractivity contribution >= 4 is 11.9 Å². The first-order chi connectivity index (χ1) is 8.65. The summed E-state index contributed by atoms with van der Waals surface area (Å²) in [5.41, 5.74) is 0. The summed E-state index contributed by atoms with van der Waals surface area (Å²) in [5.74, 6) is -1.27. The van der Waals surface area contributed by atoms with Crippen molar-refractivity contribution < 1.29 is 19.4 Å². The van der Waals surface area contributed by atoms with Crippen LogP contribution in [0.5, 0.6) is 0 Å². The number of fused-ring (bicyclic) bond motifs is 1. The van der Waals surface area contributed by atoms with E-state index in [0.717, 1.165) is 19.4 Å². The summed E-state index contributed by atoms with van der Waals surface area (Å²) < 4.78 is 4.76. The van der Waals surface area contributed by atoms with E-state index in [4.69, 9.17) is 9.84 Å². The maximum absolute atomic E-state index is 11.5. The number of carboxylic acids is 1. The second kappa shape index (κ2) is 6.15. The Balaban J connectivity index is 1.66. The van der Waals surface area contributed by atoms with Crippen molar-refractivity contribution in [3.05, 3.63) is 0 Å². The van der Waals surface area contributed by atoms with Crippen LogP contribution in [0.1, 0.15) is 25.7 Å².